The molecule has 0 atom stereocenters. The summed E-state index contributed by atoms with van der Waals surface area (Å²) in [5.41, 5.74) is 1.41. The molecule has 0 unspecified atom stereocenters. The summed E-state index contributed by atoms with van der Waals surface area (Å²) in [5.74, 6) is -0.125. The number of piperazine rings is 1. The first-order valence-corrected chi connectivity index (χ1v) is 9.70. The zero-order valence-corrected chi connectivity index (χ0v) is 15.0. The maximum atomic E-state index is 12.6. The Kier molecular flexibility index (Phi) is 4.99. The molecule has 1 aliphatic heterocycles. The van der Waals surface area contributed by atoms with Crippen LogP contribution in [0.1, 0.15) is 10.4 Å². The Balaban J connectivity index is 1.67. The highest BCUT2D eigenvalue weighted by molar-refractivity contribution is 7.89. The van der Waals surface area contributed by atoms with Crippen LogP contribution in [-0.4, -0.2) is 45.4 Å². The minimum absolute atomic E-state index is 0.00686. The summed E-state index contributed by atoms with van der Waals surface area (Å²) in [6.45, 7) is 2.51. The van der Waals surface area contributed by atoms with E-state index < -0.39 is 10.0 Å². The summed E-state index contributed by atoms with van der Waals surface area (Å²) in [5, 5.41) is 5.76. The minimum Gasteiger partial charge on any atom is -0.367 e. The quantitative estimate of drug-likeness (QED) is 0.883. The molecule has 2 aromatic carbocycles. The van der Waals surface area contributed by atoms with Crippen LogP contribution in [0, 0.1) is 0 Å². The molecule has 8 heteroatoms. The molecule has 0 saturated carbocycles. The predicted octanol–water partition coefficient (Wildman–Crippen LogP) is 1.95. The monoisotopic (exact) mass is 379 g/mol. The lowest BCUT2D eigenvalue weighted by molar-refractivity contribution is 0.0746. The van der Waals surface area contributed by atoms with E-state index in [-0.39, 0.29) is 10.8 Å². The van der Waals surface area contributed by atoms with Crippen molar-refractivity contribution < 1.29 is 13.2 Å². The first-order chi connectivity index (χ1) is 11.9. The summed E-state index contributed by atoms with van der Waals surface area (Å²) in [7, 11) is -3.76. The molecule has 1 amide bonds. The third-order valence-corrected chi connectivity index (χ3v) is 5.44. The van der Waals surface area contributed by atoms with Crippen LogP contribution >= 0.6 is 11.6 Å². The number of anilines is 1. The second kappa shape index (κ2) is 7.03. The molecular weight excluding hydrogens is 362 g/mol. The molecule has 1 fully saturated rings. The van der Waals surface area contributed by atoms with Gasteiger partial charge in [-0.25, -0.2) is 13.6 Å². The molecule has 1 saturated heterocycles. The van der Waals surface area contributed by atoms with Gasteiger partial charge in [0.15, 0.2) is 0 Å². The molecule has 1 aliphatic rings. The molecule has 6 nitrogen and oxygen atoms in total. The molecule has 2 N–H and O–H groups in total. The van der Waals surface area contributed by atoms with E-state index in [4.69, 9.17) is 16.7 Å². The highest BCUT2D eigenvalue weighted by Gasteiger charge is 2.23. The molecule has 0 spiro atoms. The number of carbonyl (C=O) groups excluding carboxylic acids is 1. The molecule has 25 heavy (non-hydrogen) atoms. The molecule has 0 bridgehead atoms. The predicted molar refractivity (Wildman–Crippen MR) is 97.4 cm³/mol. The van der Waals surface area contributed by atoms with Crippen molar-refractivity contribution in [3.8, 4) is 0 Å². The maximum Gasteiger partial charge on any atom is 0.253 e. The largest absolute Gasteiger partial charge is 0.367 e. The van der Waals surface area contributed by atoms with Crippen LogP contribution in [0.2, 0.25) is 5.02 Å². The average molecular weight is 380 g/mol. The number of halogens is 1. The zero-order valence-electron chi connectivity index (χ0n) is 13.4. The molecular formula is C17H18ClN3O3S. The number of nitrogens with zero attached hydrogens (tertiary/aromatic N) is 2. The van der Waals surface area contributed by atoms with E-state index in [1.807, 2.05) is 24.3 Å². The average Bonchev–Trinajstić information content (AvgIpc) is 2.61. The number of sulfonamides is 1. The van der Waals surface area contributed by atoms with Gasteiger partial charge >= 0.3 is 0 Å². The van der Waals surface area contributed by atoms with Gasteiger partial charge in [-0.3, -0.25) is 4.79 Å². The van der Waals surface area contributed by atoms with Crippen molar-refractivity contribution in [1.82, 2.24) is 4.90 Å². The van der Waals surface area contributed by atoms with E-state index in [2.05, 4.69) is 4.90 Å². The Bertz CT molecular complexity index is 876. The molecule has 3 rings (SSSR count). The third-order valence-electron chi connectivity index (χ3n) is 4.19. The van der Waals surface area contributed by atoms with E-state index in [0.717, 1.165) is 5.69 Å². The highest BCUT2D eigenvalue weighted by atomic mass is 35.5. The second-order valence-electron chi connectivity index (χ2n) is 5.80. The fraction of sp³-hybridized carbons (Fsp3) is 0.235. The Morgan fingerprint density at radius 2 is 1.56 bits per heavy atom. The maximum absolute atomic E-state index is 12.6. The van der Waals surface area contributed by atoms with E-state index in [9.17, 15) is 13.2 Å². The van der Waals surface area contributed by atoms with E-state index in [0.29, 0.717) is 36.8 Å². The van der Waals surface area contributed by atoms with Crippen molar-refractivity contribution in [3.05, 3.63) is 59.1 Å². The third kappa shape index (κ3) is 3.95. The van der Waals surface area contributed by atoms with Crippen molar-refractivity contribution in [1.29, 1.82) is 0 Å². The molecule has 0 radical (unpaired) electrons. The number of nitrogens with two attached hydrogens (primary N) is 1. The topological polar surface area (TPSA) is 83.7 Å². The van der Waals surface area contributed by atoms with Gasteiger partial charge in [0.25, 0.3) is 5.91 Å². The fourth-order valence-corrected chi connectivity index (χ4v) is 3.60. The van der Waals surface area contributed by atoms with Crippen molar-refractivity contribution in [3.63, 3.8) is 0 Å². The molecule has 1 heterocycles. The van der Waals surface area contributed by atoms with Crippen LogP contribution in [0.15, 0.2) is 53.4 Å². The standard InChI is InChI=1S/C17H18ClN3O3S/c18-15-3-1-2-4-16(15)20-9-11-21(12-10-20)17(22)13-5-7-14(8-6-13)25(19,23)24/h1-8H,9-12H2,(H2,19,23,24). The van der Waals surface area contributed by atoms with Crippen molar-refractivity contribution in [2.45, 2.75) is 4.90 Å². The minimum atomic E-state index is -3.76. The van der Waals surface area contributed by atoms with Crippen LogP contribution in [0.3, 0.4) is 0 Å². The summed E-state index contributed by atoms with van der Waals surface area (Å²) >= 11 is 6.22. The van der Waals surface area contributed by atoms with Gasteiger partial charge in [-0.2, -0.15) is 0 Å². The molecule has 0 aliphatic carbocycles. The second-order valence-corrected chi connectivity index (χ2v) is 7.77. The molecule has 132 valence electrons. The van der Waals surface area contributed by atoms with E-state index >= 15 is 0 Å². The summed E-state index contributed by atoms with van der Waals surface area (Å²) < 4.78 is 22.6. The Morgan fingerprint density at radius 3 is 2.12 bits per heavy atom. The summed E-state index contributed by atoms with van der Waals surface area (Å²) in [6, 6.07) is 13.3. The van der Waals surface area contributed by atoms with Crippen LogP contribution in [0.4, 0.5) is 5.69 Å². The summed E-state index contributed by atoms with van der Waals surface area (Å²) in [4.78, 5) is 16.5. The lowest BCUT2D eigenvalue weighted by Gasteiger charge is -2.36. The summed E-state index contributed by atoms with van der Waals surface area (Å²) in [6.07, 6.45) is 0. The number of hydrogen-bond acceptors (Lipinski definition) is 4. The van der Waals surface area contributed by atoms with Crippen molar-refractivity contribution >= 4 is 33.2 Å². The number of benzene rings is 2. The van der Waals surface area contributed by atoms with Gasteiger partial charge in [-0.1, -0.05) is 23.7 Å². The van der Waals surface area contributed by atoms with Crippen molar-refractivity contribution in [2.75, 3.05) is 31.1 Å². The number of primary sulfonamides is 1. The first kappa shape index (κ1) is 17.7. The lowest BCUT2D eigenvalue weighted by atomic mass is 10.1. The smallest absolute Gasteiger partial charge is 0.253 e. The van der Waals surface area contributed by atoms with Gasteiger partial charge in [0.05, 0.1) is 15.6 Å². The van der Waals surface area contributed by atoms with Crippen LogP contribution in [0.5, 0.6) is 0 Å². The first-order valence-electron chi connectivity index (χ1n) is 7.78. The zero-order chi connectivity index (χ0) is 18.0. The van der Waals surface area contributed by atoms with Crippen molar-refractivity contribution in [2.24, 2.45) is 5.14 Å². The normalized spacial score (nSPS) is 15.3. The van der Waals surface area contributed by atoms with Crippen LogP contribution in [0.25, 0.3) is 0 Å². The SMILES string of the molecule is NS(=O)(=O)c1ccc(C(=O)N2CCN(c3ccccc3Cl)CC2)cc1. The van der Waals surface area contributed by atoms with Gasteiger partial charge < -0.3 is 9.80 Å². The lowest BCUT2D eigenvalue weighted by Crippen LogP contribution is -2.48. The number of carbonyl (C=O) groups is 1. The van der Waals surface area contributed by atoms with Gasteiger partial charge in [-0.15, -0.1) is 0 Å². The van der Waals surface area contributed by atoms with E-state index in [1.165, 1.54) is 24.3 Å². The number of hydrogen-bond donors (Lipinski definition) is 1. The number of rotatable bonds is 3. The van der Waals surface area contributed by atoms with Gasteiger partial charge in [0.1, 0.15) is 0 Å². The van der Waals surface area contributed by atoms with Gasteiger partial charge in [-0.05, 0) is 36.4 Å². The van der Waals surface area contributed by atoms with Crippen LogP contribution < -0.4 is 10.0 Å². The molecule has 0 aromatic heterocycles. The Labute approximate surface area is 151 Å². The number of amides is 1. The Morgan fingerprint density at radius 1 is 0.960 bits per heavy atom. The highest BCUT2D eigenvalue weighted by Crippen LogP contribution is 2.26. The Hall–Kier alpha value is -2.09. The number of para-hydroxylation sites is 1. The van der Waals surface area contributed by atoms with Crippen LogP contribution in [-0.2, 0) is 10.0 Å². The van der Waals surface area contributed by atoms with Gasteiger partial charge in [0, 0.05) is 31.7 Å². The molecule has 2 aromatic rings. The van der Waals surface area contributed by atoms with Gasteiger partial charge in [0.2, 0.25) is 10.0 Å². The van der Waals surface area contributed by atoms with E-state index in [1.54, 1.807) is 4.90 Å². The fourth-order valence-electron chi connectivity index (χ4n) is 2.83.